The lowest BCUT2D eigenvalue weighted by atomic mass is 10.1. The molecule has 0 aliphatic carbocycles. The molecule has 1 aromatic rings. The zero-order chi connectivity index (χ0) is 13.5. The largest absolute Gasteiger partial charge is 0.384 e. The van der Waals surface area contributed by atoms with E-state index in [0.29, 0.717) is 18.7 Å². The first-order chi connectivity index (χ1) is 8.52. The molecule has 0 radical (unpaired) electrons. The third kappa shape index (κ3) is 5.50. The van der Waals surface area contributed by atoms with E-state index in [2.05, 4.69) is 37.2 Å². The lowest BCUT2D eigenvalue weighted by Gasteiger charge is -2.10. The summed E-state index contributed by atoms with van der Waals surface area (Å²) in [6, 6.07) is 5.67. The summed E-state index contributed by atoms with van der Waals surface area (Å²) >= 11 is 6.87. The molecule has 0 bridgehead atoms. The summed E-state index contributed by atoms with van der Waals surface area (Å²) in [6.45, 7) is 3.24. The van der Waals surface area contributed by atoms with Crippen LogP contribution in [-0.2, 0) is 4.74 Å². The van der Waals surface area contributed by atoms with E-state index in [1.54, 1.807) is 7.11 Å². The number of methoxy groups -OCH3 is 1. The van der Waals surface area contributed by atoms with Crippen LogP contribution in [0.5, 0.6) is 0 Å². The maximum atomic E-state index is 11.9. The van der Waals surface area contributed by atoms with Gasteiger partial charge < -0.3 is 10.1 Å². The average molecular weight is 379 g/mol. The van der Waals surface area contributed by atoms with Crippen LogP contribution in [0.25, 0.3) is 0 Å². The van der Waals surface area contributed by atoms with Crippen LogP contribution in [-0.4, -0.2) is 31.0 Å². The Balaban J connectivity index is 2.45. The normalized spacial score (nSPS) is 12.2. The molecule has 18 heavy (non-hydrogen) atoms. The molecule has 1 unspecified atom stereocenters. The van der Waals surface area contributed by atoms with Crippen LogP contribution >= 0.6 is 31.9 Å². The molecule has 5 heteroatoms. The van der Waals surface area contributed by atoms with Crippen molar-refractivity contribution in [2.75, 3.05) is 20.3 Å². The average Bonchev–Trinajstić information content (AvgIpc) is 2.27. The molecule has 0 saturated heterocycles. The molecule has 3 nitrogen and oxygen atoms in total. The van der Waals surface area contributed by atoms with Crippen molar-refractivity contribution in [2.24, 2.45) is 0 Å². The van der Waals surface area contributed by atoms with Gasteiger partial charge in [-0.1, -0.05) is 31.9 Å². The zero-order valence-corrected chi connectivity index (χ0v) is 13.7. The lowest BCUT2D eigenvalue weighted by Crippen LogP contribution is -2.27. The molecule has 0 saturated carbocycles. The first kappa shape index (κ1) is 15.7. The lowest BCUT2D eigenvalue weighted by molar-refractivity contribution is 0.0952. The van der Waals surface area contributed by atoms with Gasteiger partial charge in [-0.15, -0.1) is 0 Å². The van der Waals surface area contributed by atoms with Crippen LogP contribution in [0.1, 0.15) is 22.3 Å². The number of hydrogen-bond acceptors (Lipinski definition) is 2. The number of alkyl halides is 1. The number of ether oxygens (including phenoxy) is 1. The standard InChI is InChI=1S/C13H17Br2NO2/c1-9-5-10(7-12(15)6-9)13(17)16-4-3-11(14)8-18-2/h5-7,11H,3-4,8H2,1-2H3,(H,16,17). The summed E-state index contributed by atoms with van der Waals surface area (Å²) in [5, 5.41) is 2.90. The number of benzene rings is 1. The molecule has 1 amide bonds. The molecular formula is C13H17Br2NO2. The van der Waals surface area contributed by atoms with E-state index < -0.39 is 0 Å². The third-order valence-electron chi connectivity index (χ3n) is 2.39. The van der Waals surface area contributed by atoms with Crippen molar-refractivity contribution in [3.63, 3.8) is 0 Å². The molecule has 1 rings (SSSR count). The van der Waals surface area contributed by atoms with Gasteiger partial charge in [-0.05, 0) is 37.1 Å². The van der Waals surface area contributed by atoms with Crippen molar-refractivity contribution in [1.82, 2.24) is 5.32 Å². The topological polar surface area (TPSA) is 38.3 Å². The Morgan fingerprint density at radius 1 is 1.44 bits per heavy atom. The minimum absolute atomic E-state index is 0.0449. The molecule has 1 aromatic carbocycles. The maximum absolute atomic E-state index is 11.9. The molecule has 0 fully saturated rings. The number of halogens is 2. The van der Waals surface area contributed by atoms with E-state index in [1.807, 2.05) is 25.1 Å². The second-order valence-corrected chi connectivity index (χ2v) is 6.33. The molecule has 1 atom stereocenters. The fourth-order valence-electron chi connectivity index (χ4n) is 1.58. The predicted molar refractivity (Wildman–Crippen MR) is 80.4 cm³/mol. The molecule has 0 aromatic heterocycles. The van der Waals surface area contributed by atoms with E-state index in [4.69, 9.17) is 4.74 Å². The van der Waals surface area contributed by atoms with Crippen molar-refractivity contribution in [2.45, 2.75) is 18.2 Å². The first-order valence-corrected chi connectivity index (χ1v) is 7.42. The summed E-state index contributed by atoms with van der Waals surface area (Å²) < 4.78 is 5.93. The van der Waals surface area contributed by atoms with Gasteiger partial charge in [-0.3, -0.25) is 4.79 Å². The summed E-state index contributed by atoms with van der Waals surface area (Å²) in [6.07, 6.45) is 0.840. The van der Waals surface area contributed by atoms with Crippen LogP contribution in [0.4, 0.5) is 0 Å². The summed E-state index contributed by atoms with van der Waals surface area (Å²) in [5.41, 5.74) is 1.74. The molecule has 0 spiro atoms. The highest BCUT2D eigenvalue weighted by molar-refractivity contribution is 9.10. The highest BCUT2D eigenvalue weighted by Gasteiger charge is 2.08. The van der Waals surface area contributed by atoms with Crippen molar-refractivity contribution >= 4 is 37.8 Å². The predicted octanol–water partition coefficient (Wildman–Crippen LogP) is 3.29. The summed E-state index contributed by atoms with van der Waals surface area (Å²) in [4.78, 5) is 12.2. The minimum Gasteiger partial charge on any atom is -0.384 e. The van der Waals surface area contributed by atoms with E-state index in [1.165, 1.54) is 0 Å². The van der Waals surface area contributed by atoms with Gasteiger partial charge in [-0.25, -0.2) is 0 Å². The highest BCUT2D eigenvalue weighted by atomic mass is 79.9. The van der Waals surface area contributed by atoms with Crippen LogP contribution in [0.15, 0.2) is 22.7 Å². The number of hydrogen-bond donors (Lipinski definition) is 1. The number of carbonyl (C=O) groups is 1. The molecule has 0 heterocycles. The van der Waals surface area contributed by atoms with Gasteiger partial charge in [-0.2, -0.15) is 0 Å². The molecule has 0 aliphatic heterocycles. The van der Waals surface area contributed by atoms with E-state index in [9.17, 15) is 4.79 Å². The number of amides is 1. The summed E-state index contributed by atoms with van der Waals surface area (Å²) in [7, 11) is 1.66. The van der Waals surface area contributed by atoms with Crippen LogP contribution in [0.2, 0.25) is 0 Å². The van der Waals surface area contributed by atoms with Crippen molar-refractivity contribution in [3.8, 4) is 0 Å². The Bertz CT molecular complexity index is 390. The number of rotatable bonds is 6. The van der Waals surface area contributed by atoms with Gasteiger partial charge in [0, 0.05) is 28.5 Å². The van der Waals surface area contributed by atoms with Crippen LogP contribution < -0.4 is 5.32 Å². The molecular weight excluding hydrogens is 362 g/mol. The Labute approximate surface area is 125 Å². The SMILES string of the molecule is COCC(Br)CCNC(=O)c1cc(C)cc(Br)c1. The van der Waals surface area contributed by atoms with E-state index in [-0.39, 0.29) is 10.7 Å². The quantitative estimate of drug-likeness (QED) is 0.771. The van der Waals surface area contributed by atoms with Crippen molar-refractivity contribution in [3.05, 3.63) is 33.8 Å². The molecule has 100 valence electrons. The minimum atomic E-state index is -0.0449. The smallest absolute Gasteiger partial charge is 0.251 e. The second kappa shape index (κ2) is 7.92. The fraction of sp³-hybridized carbons (Fsp3) is 0.462. The Morgan fingerprint density at radius 3 is 2.78 bits per heavy atom. The fourth-order valence-corrected chi connectivity index (χ4v) is 2.68. The van der Waals surface area contributed by atoms with Gasteiger partial charge >= 0.3 is 0 Å². The monoisotopic (exact) mass is 377 g/mol. The van der Waals surface area contributed by atoms with Crippen LogP contribution in [0, 0.1) is 6.92 Å². The van der Waals surface area contributed by atoms with E-state index >= 15 is 0 Å². The van der Waals surface area contributed by atoms with Gasteiger partial charge in [0.2, 0.25) is 0 Å². The Kier molecular flexibility index (Phi) is 6.89. The van der Waals surface area contributed by atoms with E-state index in [0.717, 1.165) is 16.5 Å². The first-order valence-electron chi connectivity index (χ1n) is 5.71. The Hall–Kier alpha value is -0.390. The molecule has 0 aliphatic rings. The highest BCUT2D eigenvalue weighted by Crippen LogP contribution is 2.15. The van der Waals surface area contributed by atoms with Gasteiger partial charge in [0.15, 0.2) is 0 Å². The number of aryl methyl sites for hydroxylation is 1. The van der Waals surface area contributed by atoms with Gasteiger partial charge in [0.1, 0.15) is 0 Å². The van der Waals surface area contributed by atoms with Gasteiger partial charge in [0.25, 0.3) is 5.91 Å². The van der Waals surface area contributed by atoms with Crippen LogP contribution in [0.3, 0.4) is 0 Å². The zero-order valence-electron chi connectivity index (χ0n) is 10.5. The van der Waals surface area contributed by atoms with Crippen molar-refractivity contribution < 1.29 is 9.53 Å². The second-order valence-electron chi connectivity index (χ2n) is 4.11. The third-order valence-corrected chi connectivity index (χ3v) is 3.57. The summed E-state index contributed by atoms with van der Waals surface area (Å²) in [5.74, 6) is -0.0449. The number of carbonyl (C=O) groups excluding carboxylic acids is 1. The Morgan fingerprint density at radius 2 is 2.17 bits per heavy atom. The molecule has 1 N–H and O–H groups in total. The van der Waals surface area contributed by atoms with Gasteiger partial charge in [0.05, 0.1) is 6.61 Å². The van der Waals surface area contributed by atoms with Crippen molar-refractivity contribution in [1.29, 1.82) is 0 Å². The maximum Gasteiger partial charge on any atom is 0.251 e. The number of nitrogens with one attached hydrogen (secondary N) is 1.